The molecule has 0 heterocycles. The predicted octanol–water partition coefficient (Wildman–Crippen LogP) is 3.68. The number of nitrogens with one attached hydrogen (secondary N) is 1. The van der Waals surface area contributed by atoms with Gasteiger partial charge in [-0.15, -0.1) is 0 Å². The van der Waals surface area contributed by atoms with Crippen molar-refractivity contribution in [2.45, 2.75) is 51.6 Å². The SMILES string of the molecule is CC[C@H](Oc1ccc(F)cc1)C(=O)NCC1CCCCC1. The molecule has 1 aromatic carbocycles. The molecule has 0 aromatic heterocycles. The quantitative estimate of drug-likeness (QED) is 0.869. The molecule has 1 aliphatic carbocycles. The number of carbonyl (C=O) groups excluding carboxylic acids is 1. The lowest BCUT2D eigenvalue weighted by molar-refractivity contribution is -0.128. The zero-order valence-corrected chi connectivity index (χ0v) is 12.6. The van der Waals surface area contributed by atoms with Crippen LogP contribution in [0, 0.1) is 11.7 Å². The number of hydrogen-bond acceptors (Lipinski definition) is 2. The number of carbonyl (C=O) groups is 1. The molecular weight excluding hydrogens is 269 g/mol. The van der Waals surface area contributed by atoms with Crippen LogP contribution in [-0.4, -0.2) is 18.6 Å². The Bertz CT molecular complexity index is 441. The summed E-state index contributed by atoms with van der Waals surface area (Å²) in [7, 11) is 0. The highest BCUT2D eigenvalue weighted by atomic mass is 19.1. The summed E-state index contributed by atoms with van der Waals surface area (Å²) >= 11 is 0. The molecule has 0 aliphatic heterocycles. The van der Waals surface area contributed by atoms with Crippen molar-refractivity contribution >= 4 is 5.91 Å². The molecular formula is C17H24FNO2. The van der Waals surface area contributed by atoms with Crippen molar-refractivity contribution < 1.29 is 13.9 Å². The summed E-state index contributed by atoms with van der Waals surface area (Å²) in [6.45, 7) is 2.65. The summed E-state index contributed by atoms with van der Waals surface area (Å²) in [5, 5.41) is 3.00. The van der Waals surface area contributed by atoms with Gasteiger partial charge in [-0.1, -0.05) is 26.2 Å². The van der Waals surface area contributed by atoms with Gasteiger partial charge >= 0.3 is 0 Å². The molecule has 116 valence electrons. The van der Waals surface area contributed by atoms with E-state index in [2.05, 4.69) is 5.32 Å². The predicted molar refractivity (Wildman–Crippen MR) is 80.7 cm³/mol. The Labute approximate surface area is 125 Å². The summed E-state index contributed by atoms with van der Waals surface area (Å²) in [4.78, 5) is 12.2. The zero-order chi connectivity index (χ0) is 15.1. The second-order valence-corrected chi connectivity index (χ2v) is 5.72. The van der Waals surface area contributed by atoms with E-state index in [0.717, 1.165) is 6.54 Å². The Morgan fingerprint density at radius 1 is 1.29 bits per heavy atom. The second kappa shape index (κ2) is 8.01. The maximum Gasteiger partial charge on any atom is 0.261 e. The van der Waals surface area contributed by atoms with Crippen LogP contribution >= 0.6 is 0 Å². The molecule has 0 saturated heterocycles. The van der Waals surface area contributed by atoms with E-state index in [4.69, 9.17) is 4.74 Å². The van der Waals surface area contributed by atoms with Gasteiger partial charge in [0, 0.05) is 6.54 Å². The Balaban J connectivity index is 1.81. The average Bonchev–Trinajstić information content (AvgIpc) is 2.53. The van der Waals surface area contributed by atoms with Gasteiger partial charge in [0.25, 0.3) is 5.91 Å². The van der Waals surface area contributed by atoms with Gasteiger partial charge < -0.3 is 10.1 Å². The highest BCUT2D eigenvalue weighted by molar-refractivity contribution is 5.81. The van der Waals surface area contributed by atoms with E-state index in [9.17, 15) is 9.18 Å². The lowest BCUT2D eigenvalue weighted by Gasteiger charge is -2.23. The standard InChI is InChI=1S/C17H24FNO2/c1-2-16(21-15-10-8-14(18)9-11-15)17(20)19-12-13-6-4-3-5-7-13/h8-11,13,16H,2-7,12H2,1H3,(H,19,20)/t16-/m0/s1. The second-order valence-electron chi connectivity index (χ2n) is 5.72. The Hall–Kier alpha value is -1.58. The van der Waals surface area contributed by atoms with Crippen LogP contribution in [0.2, 0.25) is 0 Å². The van der Waals surface area contributed by atoms with Crippen molar-refractivity contribution in [3.8, 4) is 5.75 Å². The minimum atomic E-state index is -0.515. The molecule has 1 amide bonds. The number of ether oxygens (including phenoxy) is 1. The molecule has 0 spiro atoms. The summed E-state index contributed by atoms with van der Waals surface area (Å²) in [6, 6.07) is 5.77. The van der Waals surface area contributed by atoms with Gasteiger partial charge in [0.2, 0.25) is 0 Å². The highest BCUT2D eigenvalue weighted by Gasteiger charge is 2.20. The van der Waals surface area contributed by atoms with Crippen molar-refractivity contribution in [1.82, 2.24) is 5.32 Å². The normalized spacial score (nSPS) is 17.2. The third-order valence-electron chi connectivity index (χ3n) is 4.04. The molecule has 1 N–H and O–H groups in total. The Morgan fingerprint density at radius 3 is 2.57 bits per heavy atom. The molecule has 1 aliphatic rings. The molecule has 21 heavy (non-hydrogen) atoms. The van der Waals surface area contributed by atoms with Crippen molar-refractivity contribution in [3.63, 3.8) is 0 Å². The number of benzene rings is 1. The van der Waals surface area contributed by atoms with Gasteiger partial charge in [0.05, 0.1) is 0 Å². The van der Waals surface area contributed by atoms with E-state index < -0.39 is 6.10 Å². The number of halogens is 1. The van der Waals surface area contributed by atoms with Crippen molar-refractivity contribution in [2.75, 3.05) is 6.54 Å². The van der Waals surface area contributed by atoms with Gasteiger partial charge in [-0.2, -0.15) is 0 Å². The van der Waals surface area contributed by atoms with E-state index >= 15 is 0 Å². The molecule has 1 fully saturated rings. The summed E-state index contributed by atoms with van der Waals surface area (Å²) in [5.74, 6) is 0.742. The minimum absolute atomic E-state index is 0.0765. The Kier molecular flexibility index (Phi) is 6.03. The number of amides is 1. The van der Waals surface area contributed by atoms with Crippen molar-refractivity contribution in [1.29, 1.82) is 0 Å². The van der Waals surface area contributed by atoms with Gasteiger partial charge in [0.15, 0.2) is 6.10 Å². The summed E-state index contributed by atoms with van der Waals surface area (Å²) in [6.07, 6.45) is 6.34. The van der Waals surface area contributed by atoms with Crippen LogP contribution in [0.4, 0.5) is 4.39 Å². The molecule has 3 nitrogen and oxygen atoms in total. The molecule has 2 rings (SSSR count). The van der Waals surface area contributed by atoms with Crippen LogP contribution in [0.15, 0.2) is 24.3 Å². The molecule has 1 aromatic rings. The van der Waals surface area contributed by atoms with E-state index in [1.165, 1.54) is 44.2 Å². The van der Waals surface area contributed by atoms with Gasteiger partial charge in [-0.25, -0.2) is 4.39 Å². The molecule has 1 saturated carbocycles. The minimum Gasteiger partial charge on any atom is -0.481 e. The third-order valence-corrected chi connectivity index (χ3v) is 4.04. The highest BCUT2D eigenvalue weighted by Crippen LogP contribution is 2.23. The maximum absolute atomic E-state index is 12.9. The van der Waals surface area contributed by atoms with Crippen molar-refractivity contribution in [3.05, 3.63) is 30.1 Å². The smallest absolute Gasteiger partial charge is 0.261 e. The van der Waals surface area contributed by atoms with Crippen LogP contribution in [0.3, 0.4) is 0 Å². The zero-order valence-electron chi connectivity index (χ0n) is 12.6. The third kappa shape index (κ3) is 5.03. The van der Waals surface area contributed by atoms with Crippen LogP contribution in [0.1, 0.15) is 45.4 Å². The first-order valence-electron chi connectivity index (χ1n) is 7.89. The van der Waals surface area contributed by atoms with E-state index in [-0.39, 0.29) is 11.7 Å². The first-order chi connectivity index (χ1) is 10.2. The summed E-state index contributed by atoms with van der Waals surface area (Å²) in [5.41, 5.74) is 0. The number of rotatable bonds is 6. The monoisotopic (exact) mass is 293 g/mol. The molecule has 0 radical (unpaired) electrons. The van der Waals surface area contributed by atoms with Gasteiger partial charge in [0.1, 0.15) is 11.6 Å². The largest absolute Gasteiger partial charge is 0.481 e. The fraction of sp³-hybridized carbons (Fsp3) is 0.588. The molecule has 0 bridgehead atoms. The first kappa shape index (κ1) is 15.8. The number of hydrogen-bond donors (Lipinski definition) is 1. The molecule has 1 atom stereocenters. The average molecular weight is 293 g/mol. The molecule has 0 unspecified atom stereocenters. The van der Waals surface area contributed by atoms with E-state index in [1.807, 2.05) is 6.92 Å². The van der Waals surface area contributed by atoms with Crippen LogP contribution < -0.4 is 10.1 Å². The van der Waals surface area contributed by atoms with E-state index in [1.54, 1.807) is 12.1 Å². The van der Waals surface area contributed by atoms with Crippen LogP contribution in [0.25, 0.3) is 0 Å². The lowest BCUT2D eigenvalue weighted by atomic mass is 9.89. The van der Waals surface area contributed by atoms with Gasteiger partial charge in [-0.05, 0) is 49.4 Å². The van der Waals surface area contributed by atoms with Gasteiger partial charge in [-0.3, -0.25) is 4.79 Å². The topological polar surface area (TPSA) is 38.3 Å². The fourth-order valence-electron chi connectivity index (χ4n) is 2.75. The van der Waals surface area contributed by atoms with E-state index in [0.29, 0.717) is 18.1 Å². The van der Waals surface area contributed by atoms with Crippen molar-refractivity contribution in [2.24, 2.45) is 5.92 Å². The first-order valence-corrected chi connectivity index (χ1v) is 7.89. The summed E-state index contributed by atoms with van der Waals surface area (Å²) < 4.78 is 18.5. The maximum atomic E-state index is 12.9. The lowest BCUT2D eigenvalue weighted by Crippen LogP contribution is -2.40. The molecule has 4 heteroatoms. The Morgan fingerprint density at radius 2 is 1.95 bits per heavy atom. The fourth-order valence-corrected chi connectivity index (χ4v) is 2.75. The van der Waals surface area contributed by atoms with Crippen LogP contribution in [-0.2, 0) is 4.79 Å². The van der Waals surface area contributed by atoms with Crippen LogP contribution in [0.5, 0.6) is 5.75 Å².